The summed E-state index contributed by atoms with van der Waals surface area (Å²) in [6.45, 7) is 6.65. The molecule has 1 N–H and O–H groups in total. The lowest BCUT2D eigenvalue weighted by Crippen LogP contribution is -2.10. The van der Waals surface area contributed by atoms with Gasteiger partial charge in [0.1, 0.15) is 18.1 Å². The molecule has 0 spiro atoms. The average Bonchev–Trinajstić information content (AvgIpc) is 3.15. The molecule has 4 rings (SSSR count). The molecule has 0 unspecified atom stereocenters. The zero-order chi connectivity index (χ0) is 27.2. The predicted molar refractivity (Wildman–Crippen MR) is 153 cm³/mol. The van der Waals surface area contributed by atoms with E-state index in [2.05, 4.69) is 10.4 Å². The monoisotopic (exact) mass is 549 g/mol. The highest BCUT2D eigenvalue weighted by molar-refractivity contribution is 6.42. The standard InChI is InChI=1S/C30H29Cl2N3O3/c1-19-6-5-7-25(14-19)38-18-24-15-22(9-12-28(24)37-4)10-13-29(36)33-30-20(2)34-35(21(30)3)17-23-8-11-26(31)27(32)16-23/h5-16H,17-18H2,1-4H3,(H,33,36)/b13-10+. The average molecular weight is 550 g/mol. The van der Waals surface area contributed by atoms with Gasteiger partial charge in [-0.05, 0) is 79.9 Å². The smallest absolute Gasteiger partial charge is 0.248 e. The molecule has 0 saturated heterocycles. The van der Waals surface area contributed by atoms with E-state index in [4.69, 9.17) is 32.7 Å². The molecule has 1 aromatic heterocycles. The Morgan fingerprint density at radius 2 is 1.84 bits per heavy atom. The van der Waals surface area contributed by atoms with E-state index < -0.39 is 0 Å². The number of ether oxygens (including phenoxy) is 2. The van der Waals surface area contributed by atoms with Crippen LogP contribution in [0.1, 0.15) is 33.6 Å². The molecule has 3 aromatic carbocycles. The lowest BCUT2D eigenvalue weighted by atomic mass is 10.1. The first-order chi connectivity index (χ1) is 18.2. The Labute approximate surface area is 232 Å². The Kier molecular flexibility index (Phi) is 8.77. The van der Waals surface area contributed by atoms with Crippen molar-refractivity contribution in [3.63, 3.8) is 0 Å². The topological polar surface area (TPSA) is 65.4 Å². The Balaban J connectivity index is 1.44. The number of anilines is 1. The van der Waals surface area contributed by atoms with Crippen molar-refractivity contribution in [1.29, 1.82) is 0 Å². The van der Waals surface area contributed by atoms with E-state index >= 15 is 0 Å². The molecule has 38 heavy (non-hydrogen) atoms. The number of methoxy groups -OCH3 is 1. The number of amides is 1. The number of halogens is 2. The number of nitrogens with one attached hydrogen (secondary N) is 1. The maximum absolute atomic E-state index is 12.8. The second-order valence-electron chi connectivity index (χ2n) is 8.95. The summed E-state index contributed by atoms with van der Waals surface area (Å²) in [5, 5.41) is 8.54. The van der Waals surface area contributed by atoms with Gasteiger partial charge < -0.3 is 14.8 Å². The lowest BCUT2D eigenvalue weighted by molar-refractivity contribution is -0.111. The van der Waals surface area contributed by atoms with E-state index in [9.17, 15) is 4.79 Å². The van der Waals surface area contributed by atoms with Crippen LogP contribution in [-0.2, 0) is 17.9 Å². The van der Waals surface area contributed by atoms with Crippen LogP contribution in [-0.4, -0.2) is 22.8 Å². The lowest BCUT2D eigenvalue weighted by Gasteiger charge is -2.11. The Bertz CT molecular complexity index is 1490. The maximum Gasteiger partial charge on any atom is 0.248 e. The molecule has 4 aromatic rings. The van der Waals surface area contributed by atoms with Gasteiger partial charge in [-0.15, -0.1) is 0 Å². The van der Waals surface area contributed by atoms with Gasteiger partial charge >= 0.3 is 0 Å². The summed E-state index contributed by atoms with van der Waals surface area (Å²) in [6.07, 6.45) is 3.26. The van der Waals surface area contributed by atoms with Crippen molar-refractivity contribution in [3.05, 3.63) is 110 Å². The molecule has 0 aliphatic heterocycles. The number of aromatic nitrogens is 2. The molecule has 0 saturated carbocycles. The summed E-state index contributed by atoms with van der Waals surface area (Å²) in [7, 11) is 1.63. The normalized spacial score (nSPS) is 11.1. The van der Waals surface area contributed by atoms with Crippen LogP contribution < -0.4 is 14.8 Å². The fourth-order valence-corrected chi connectivity index (χ4v) is 4.38. The number of carbonyl (C=O) groups is 1. The molecule has 0 atom stereocenters. The van der Waals surface area contributed by atoms with Gasteiger partial charge in [-0.3, -0.25) is 9.48 Å². The molecule has 0 radical (unpaired) electrons. The fraction of sp³-hybridized carbons (Fsp3) is 0.200. The quantitative estimate of drug-likeness (QED) is 0.221. The summed E-state index contributed by atoms with van der Waals surface area (Å²) in [5.41, 5.74) is 6.08. The van der Waals surface area contributed by atoms with Gasteiger partial charge in [-0.2, -0.15) is 5.10 Å². The molecule has 1 amide bonds. The fourth-order valence-electron chi connectivity index (χ4n) is 4.06. The van der Waals surface area contributed by atoms with Crippen molar-refractivity contribution in [3.8, 4) is 11.5 Å². The van der Waals surface area contributed by atoms with Crippen LogP contribution in [0.15, 0.2) is 66.7 Å². The summed E-state index contributed by atoms with van der Waals surface area (Å²) in [4.78, 5) is 12.8. The predicted octanol–water partition coefficient (Wildman–Crippen LogP) is 7.40. The van der Waals surface area contributed by atoms with Crippen molar-refractivity contribution >= 4 is 40.9 Å². The van der Waals surface area contributed by atoms with Crippen LogP contribution in [0.5, 0.6) is 11.5 Å². The highest BCUT2D eigenvalue weighted by atomic mass is 35.5. The zero-order valence-electron chi connectivity index (χ0n) is 21.7. The molecule has 1 heterocycles. The Morgan fingerprint density at radius 1 is 1.03 bits per heavy atom. The molecule has 0 fully saturated rings. The summed E-state index contributed by atoms with van der Waals surface area (Å²) in [6, 6.07) is 19.1. The number of carbonyl (C=O) groups excluding carboxylic acids is 1. The van der Waals surface area contributed by atoms with Crippen molar-refractivity contribution in [2.24, 2.45) is 0 Å². The summed E-state index contributed by atoms with van der Waals surface area (Å²) in [5.74, 6) is 1.26. The highest BCUT2D eigenvalue weighted by Gasteiger charge is 2.14. The minimum absolute atomic E-state index is 0.251. The highest BCUT2D eigenvalue weighted by Crippen LogP contribution is 2.26. The van der Waals surface area contributed by atoms with Crippen LogP contribution in [0.4, 0.5) is 5.69 Å². The van der Waals surface area contributed by atoms with Gasteiger partial charge in [0.2, 0.25) is 5.91 Å². The molecular formula is C30H29Cl2N3O3. The molecule has 0 aliphatic rings. The van der Waals surface area contributed by atoms with Gasteiger partial charge in [0.15, 0.2) is 0 Å². The molecule has 6 nitrogen and oxygen atoms in total. The number of rotatable bonds is 9. The van der Waals surface area contributed by atoms with Gasteiger partial charge in [-0.25, -0.2) is 0 Å². The number of aryl methyl sites for hydroxylation is 2. The van der Waals surface area contributed by atoms with Crippen LogP contribution >= 0.6 is 23.2 Å². The van der Waals surface area contributed by atoms with Crippen LogP contribution in [0.2, 0.25) is 10.0 Å². The summed E-state index contributed by atoms with van der Waals surface area (Å²) >= 11 is 12.2. The third-order valence-electron chi connectivity index (χ3n) is 6.06. The summed E-state index contributed by atoms with van der Waals surface area (Å²) < 4.78 is 13.3. The number of nitrogens with zero attached hydrogens (tertiary/aromatic N) is 2. The van der Waals surface area contributed by atoms with Gasteiger partial charge in [-0.1, -0.05) is 47.5 Å². The molecule has 196 valence electrons. The second-order valence-corrected chi connectivity index (χ2v) is 9.77. The van der Waals surface area contributed by atoms with Crippen molar-refractivity contribution in [2.45, 2.75) is 33.9 Å². The number of hydrogen-bond acceptors (Lipinski definition) is 4. The Hall–Kier alpha value is -3.74. The largest absolute Gasteiger partial charge is 0.496 e. The molecule has 0 aliphatic carbocycles. The minimum Gasteiger partial charge on any atom is -0.496 e. The first-order valence-electron chi connectivity index (χ1n) is 12.1. The SMILES string of the molecule is COc1ccc(/C=C/C(=O)Nc2c(C)nn(Cc3ccc(Cl)c(Cl)c3)c2C)cc1COc1cccc(C)c1. The van der Waals surface area contributed by atoms with E-state index in [1.807, 2.05) is 80.1 Å². The second kappa shape index (κ2) is 12.2. The van der Waals surface area contributed by atoms with Crippen molar-refractivity contribution in [1.82, 2.24) is 9.78 Å². The van der Waals surface area contributed by atoms with Crippen LogP contribution in [0.25, 0.3) is 6.08 Å². The maximum atomic E-state index is 12.8. The van der Waals surface area contributed by atoms with Crippen LogP contribution in [0, 0.1) is 20.8 Å². The van der Waals surface area contributed by atoms with E-state index in [1.54, 1.807) is 19.3 Å². The van der Waals surface area contributed by atoms with Gasteiger partial charge in [0.05, 0.1) is 40.8 Å². The van der Waals surface area contributed by atoms with E-state index in [-0.39, 0.29) is 5.91 Å². The van der Waals surface area contributed by atoms with Gasteiger partial charge in [0.25, 0.3) is 0 Å². The zero-order valence-corrected chi connectivity index (χ0v) is 23.2. The first-order valence-corrected chi connectivity index (χ1v) is 12.8. The molecule has 0 bridgehead atoms. The first kappa shape index (κ1) is 27.3. The molecule has 8 heteroatoms. The van der Waals surface area contributed by atoms with E-state index in [0.717, 1.165) is 45.1 Å². The number of benzene rings is 3. The third-order valence-corrected chi connectivity index (χ3v) is 6.80. The number of hydrogen-bond donors (Lipinski definition) is 1. The van der Waals surface area contributed by atoms with E-state index in [1.165, 1.54) is 6.08 Å². The Morgan fingerprint density at radius 3 is 2.58 bits per heavy atom. The van der Waals surface area contributed by atoms with Gasteiger partial charge in [0, 0.05) is 11.6 Å². The minimum atomic E-state index is -0.251. The van der Waals surface area contributed by atoms with E-state index in [0.29, 0.717) is 28.9 Å². The van der Waals surface area contributed by atoms with Crippen molar-refractivity contribution < 1.29 is 14.3 Å². The third kappa shape index (κ3) is 6.77. The van der Waals surface area contributed by atoms with Crippen molar-refractivity contribution in [2.75, 3.05) is 12.4 Å². The molecular weight excluding hydrogens is 521 g/mol. The van der Waals surface area contributed by atoms with Crippen LogP contribution in [0.3, 0.4) is 0 Å².